The highest BCUT2D eigenvalue weighted by molar-refractivity contribution is 7.07. The lowest BCUT2D eigenvalue weighted by molar-refractivity contribution is -0.139. The lowest BCUT2D eigenvalue weighted by Crippen LogP contribution is -2.40. The second-order valence-corrected chi connectivity index (χ2v) is 10.6. The number of allylic oxidation sites excluding steroid dienone is 1. The minimum atomic E-state index is -0.746. The molecule has 0 N–H and O–H groups in total. The van der Waals surface area contributed by atoms with Crippen molar-refractivity contribution in [2.75, 3.05) is 13.2 Å². The molecule has 0 aliphatic carbocycles. The molecular weight excluding hydrogens is 524 g/mol. The summed E-state index contributed by atoms with van der Waals surface area (Å²) < 4.78 is 19.5. The van der Waals surface area contributed by atoms with Crippen LogP contribution in [0, 0.1) is 0 Å². The molecule has 1 unspecified atom stereocenters. The Morgan fingerprint density at radius 1 is 1.00 bits per heavy atom. The average Bonchev–Trinajstić information content (AvgIpc) is 3.23. The van der Waals surface area contributed by atoms with Crippen LogP contribution in [-0.4, -0.2) is 29.9 Å². The van der Waals surface area contributed by atoms with Crippen molar-refractivity contribution in [2.45, 2.75) is 46.8 Å². The maximum atomic E-state index is 14.1. The number of nitrogens with zero attached hydrogens (tertiary/aromatic N) is 2. The summed E-state index contributed by atoms with van der Waals surface area (Å²) in [6.45, 7) is 10.1. The predicted octanol–water partition coefficient (Wildman–Crippen LogP) is 5.14. The minimum Gasteiger partial charge on any atom is -0.493 e. The van der Waals surface area contributed by atoms with E-state index in [2.05, 4.69) is 0 Å². The van der Waals surface area contributed by atoms with E-state index in [1.165, 1.54) is 11.3 Å². The fourth-order valence-electron chi connectivity index (χ4n) is 5.00. The molecule has 0 saturated carbocycles. The van der Waals surface area contributed by atoms with E-state index in [0.29, 0.717) is 38.5 Å². The van der Waals surface area contributed by atoms with Crippen LogP contribution in [0.25, 0.3) is 16.8 Å². The van der Waals surface area contributed by atoms with Crippen molar-refractivity contribution < 1.29 is 19.0 Å². The van der Waals surface area contributed by atoms with Crippen molar-refractivity contribution in [3.8, 4) is 11.5 Å². The molecule has 40 heavy (non-hydrogen) atoms. The standard InChI is InChI=1S/C32H32N2O5S/c1-6-37-25-17-16-21(22-12-8-9-13-23(22)25)18-27-30(35)34-29(24-14-10-11-15-26(24)39-19(3)4)28(31(36)38-7-2)20(5)33-32(34)40-27/h8-19,29H,6-7H2,1-5H3/b27-18-. The van der Waals surface area contributed by atoms with Gasteiger partial charge in [-0.1, -0.05) is 59.9 Å². The number of carbonyl (C=O) groups excluding carboxylic acids is 1. The van der Waals surface area contributed by atoms with Crippen molar-refractivity contribution in [3.05, 3.63) is 103 Å². The number of benzene rings is 3. The summed E-state index contributed by atoms with van der Waals surface area (Å²) in [4.78, 5) is 32.6. The van der Waals surface area contributed by atoms with Gasteiger partial charge in [-0.25, -0.2) is 9.79 Å². The van der Waals surface area contributed by atoms with E-state index in [1.807, 2.05) is 87.5 Å². The van der Waals surface area contributed by atoms with E-state index >= 15 is 0 Å². The van der Waals surface area contributed by atoms with E-state index in [4.69, 9.17) is 19.2 Å². The van der Waals surface area contributed by atoms with Gasteiger partial charge in [-0.2, -0.15) is 0 Å². The fraction of sp³-hybridized carbons (Fsp3) is 0.281. The first kappa shape index (κ1) is 27.4. The molecule has 8 heteroatoms. The first-order valence-electron chi connectivity index (χ1n) is 13.4. The summed E-state index contributed by atoms with van der Waals surface area (Å²) in [5.74, 6) is 0.902. The van der Waals surface area contributed by atoms with E-state index in [1.54, 1.807) is 18.4 Å². The summed E-state index contributed by atoms with van der Waals surface area (Å²) in [5, 5.41) is 1.96. The number of rotatable bonds is 8. The lowest BCUT2D eigenvalue weighted by Gasteiger charge is -2.26. The molecule has 0 saturated heterocycles. The molecule has 1 atom stereocenters. The van der Waals surface area contributed by atoms with Crippen molar-refractivity contribution in [2.24, 2.45) is 4.99 Å². The monoisotopic (exact) mass is 556 g/mol. The number of carbonyl (C=O) groups is 1. The van der Waals surface area contributed by atoms with Crippen molar-refractivity contribution in [3.63, 3.8) is 0 Å². The quantitative estimate of drug-likeness (QED) is 0.281. The number of para-hydroxylation sites is 1. The van der Waals surface area contributed by atoms with Gasteiger partial charge in [0, 0.05) is 10.9 Å². The van der Waals surface area contributed by atoms with E-state index in [0.717, 1.165) is 22.1 Å². The first-order valence-corrected chi connectivity index (χ1v) is 14.3. The zero-order valence-corrected chi connectivity index (χ0v) is 24.1. The Labute approximate surface area is 236 Å². The SMILES string of the molecule is CCOC(=O)C1=C(C)N=c2s/c(=C\c3ccc(OCC)c4ccccc34)c(=O)n2C1c1ccccc1OC(C)C. The maximum absolute atomic E-state index is 14.1. The smallest absolute Gasteiger partial charge is 0.338 e. The Morgan fingerprint density at radius 2 is 1.73 bits per heavy atom. The summed E-state index contributed by atoms with van der Waals surface area (Å²) in [5.41, 5.74) is 2.20. The molecule has 5 rings (SSSR count). The number of thiazole rings is 1. The Balaban J connectivity index is 1.75. The number of hydrogen-bond donors (Lipinski definition) is 0. The predicted molar refractivity (Wildman–Crippen MR) is 158 cm³/mol. The van der Waals surface area contributed by atoms with Gasteiger partial charge in [0.2, 0.25) is 0 Å². The third kappa shape index (κ3) is 5.07. The third-order valence-corrected chi connectivity index (χ3v) is 7.58. The Hall–Kier alpha value is -4.17. The van der Waals surface area contributed by atoms with Crippen LogP contribution in [0.1, 0.15) is 51.8 Å². The molecule has 0 bridgehead atoms. The Bertz CT molecular complexity index is 1800. The molecule has 2 heterocycles. The Morgan fingerprint density at radius 3 is 2.45 bits per heavy atom. The first-order chi connectivity index (χ1) is 19.3. The van der Waals surface area contributed by atoms with Gasteiger partial charge < -0.3 is 14.2 Å². The van der Waals surface area contributed by atoms with Gasteiger partial charge in [-0.3, -0.25) is 9.36 Å². The van der Waals surface area contributed by atoms with Gasteiger partial charge in [0.1, 0.15) is 17.5 Å². The second kappa shape index (κ2) is 11.5. The van der Waals surface area contributed by atoms with Crippen LogP contribution in [0.15, 0.2) is 81.7 Å². The van der Waals surface area contributed by atoms with Crippen LogP contribution in [0.5, 0.6) is 11.5 Å². The Kier molecular flexibility index (Phi) is 7.89. The lowest BCUT2D eigenvalue weighted by atomic mass is 9.95. The molecule has 7 nitrogen and oxygen atoms in total. The average molecular weight is 557 g/mol. The summed E-state index contributed by atoms with van der Waals surface area (Å²) in [7, 11) is 0. The van der Waals surface area contributed by atoms with Crippen LogP contribution >= 0.6 is 11.3 Å². The summed E-state index contributed by atoms with van der Waals surface area (Å²) in [6.07, 6.45) is 1.79. The number of esters is 1. The molecule has 0 fully saturated rings. The number of aromatic nitrogens is 1. The molecule has 1 aliphatic heterocycles. The van der Waals surface area contributed by atoms with Gasteiger partial charge in [0.15, 0.2) is 4.80 Å². The van der Waals surface area contributed by atoms with Gasteiger partial charge in [-0.15, -0.1) is 0 Å². The largest absolute Gasteiger partial charge is 0.493 e. The zero-order valence-electron chi connectivity index (χ0n) is 23.3. The topological polar surface area (TPSA) is 79.1 Å². The molecule has 4 aromatic rings. The van der Waals surface area contributed by atoms with E-state index in [-0.39, 0.29) is 18.3 Å². The molecule has 206 valence electrons. The fourth-order valence-corrected chi connectivity index (χ4v) is 6.03. The zero-order chi connectivity index (χ0) is 28.4. The molecule has 0 radical (unpaired) electrons. The number of fused-ring (bicyclic) bond motifs is 2. The van der Waals surface area contributed by atoms with Gasteiger partial charge in [0.25, 0.3) is 5.56 Å². The minimum absolute atomic E-state index is 0.0963. The molecule has 0 spiro atoms. The van der Waals surface area contributed by atoms with Crippen molar-refractivity contribution >= 4 is 34.2 Å². The second-order valence-electron chi connectivity index (χ2n) is 9.64. The molecule has 0 amide bonds. The number of ether oxygens (including phenoxy) is 3. The summed E-state index contributed by atoms with van der Waals surface area (Å²) >= 11 is 1.30. The molecular formula is C32H32N2O5S. The molecule has 1 aromatic heterocycles. The highest BCUT2D eigenvalue weighted by Gasteiger charge is 2.35. The molecule has 1 aliphatic rings. The van der Waals surface area contributed by atoms with Crippen LogP contribution in [0.2, 0.25) is 0 Å². The van der Waals surface area contributed by atoms with E-state index < -0.39 is 12.0 Å². The van der Waals surface area contributed by atoms with Crippen LogP contribution in [0.3, 0.4) is 0 Å². The maximum Gasteiger partial charge on any atom is 0.338 e. The van der Waals surface area contributed by atoms with Crippen LogP contribution < -0.4 is 24.4 Å². The normalized spacial score (nSPS) is 15.2. The van der Waals surface area contributed by atoms with E-state index in [9.17, 15) is 9.59 Å². The third-order valence-electron chi connectivity index (χ3n) is 6.60. The van der Waals surface area contributed by atoms with Crippen molar-refractivity contribution in [1.82, 2.24) is 4.57 Å². The molecule has 3 aromatic carbocycles. The van der Waals surface area contributed by atoms with Gasteiger partial charge in [-0.05, 0) is 63.8 Å². The van der Waals surface area contributed by atoms with Gasteiger partial charge in [0.05, 0.1) is 35.1 Å². The van der Waals surface area contributed by atoms with Crippen LogP contribution in [-0.2, 0) is 9.53 Å². The number of hydrogen-bond acceptors (Lipinski definition) is 7. The van der Waals surface area contributed by atoms with Crippen LogP contribution in [0.4, 0.5) is 0 Å². The van der Waals surface area contributed by atoms with Crippen molar-refractivity contribution in [1.29, 1.82) is 0 Å². The highest BCUT2D eigenvalue weighted by atomic mass is 32.1. The van der Waals surface area contributed by atoms with Gasteiger partial charge >= 0.3 is 5.97 Å². The highest BCUT2D eigenvalue weighted by Crippen LogP contribution is 2.36. The summed E-state index contributed by atoms with van der Waals surface area (Å²) in [6, 6.07) is 18.6.